The van der Waals surface area contributed by atoms with E-state index in [1.165, 1.54) is 7.05 Å². The molecule has 0 radical (unpaired) electrons. The Hall–Kier alpha value is -1.26. The lowest BCUT2D eigenvalue weighted by Crippen LogP contribution is -2.23. The summed E-state index contributed by atoms with van der Waals surface area (Å²) in [6, 6.07) is 0. The van der Waals surface area contributed by atoms with E-state index in [0.717, 1.165) is 6.42 Å². The van der Waals surface area contributed by atoms with Gasteiger partial charge in [0.1, 0.15) is 13.2 Å². The van der Waals surface area contributed by atoms with Crippen molar-refractivity contribution in [2.45, 2.75) is 20.3 Å². The van der Waals surface area contributed by atoms with Crippen molar-refractivity contribution in [2.75, 3.05) is 20.3 Å². The molecule has 1 atom stereocenters. The molecule has 82 valence electrons. The third kappa shape index (κ3) is 5.40. The number of amides is 1. The Labute approximate surface area is 83.8 Å². The van der Waals surface area contributed by atoms with Crippen LogP contribution in [0, 0.1) is 5.92 Å². The highest BCUT2D eigenvalue weighted by atomic mass is 16.6. The van der Waals surface area contributed by atoms with E-state index in [9.17, 15) is 9.59 Å². The molecule has 5 nitrogen and oxygen atoms in total. The van der Waals surface area contributed by atoms with Crippen LogP contribution in [0.25, 0.3) is 0 Å². The predicted molar refractivity (Wildman–Crippen MR) is 50.8 cm³/mol. The van der Waals surface area contributed by atoms with Crippen LogP contribution < -0.4 is 5.32 Å². The van der Waals surface area contributed by atoms with Gasteiger partial charge in [-0.1, -0.05) is 13.8 Å². The number of carbonyl (C=O) groups is 2. The molecule has 0 fully saturated rings. The van der Waals surface area contributed by atoms with Crippen LogP contribution in [0.4, 0.5) is 4.79 Å². The van der Waals surface area contributed by atoms with Gasteiger partial charge in [0.05, 0.1) is 5.92 Å². The molecule has 0 aliphatic rings. The SMILES string of the molecule is CCC(C)C(=O)OCCOC(=O)NC. The molecule has 0 aromatic carbocycles. The van der Waals surface area contributed by atoms with Gasteiger partial charge in [-0.05, 0) is 6.42 Å². The number of hydrogen-bond donors (Lipinski definition) is 1. The van der Waals surface area contributed by atoms with Crippen LogP contribution in [-0.4, -0.2) is 32.3 Å². The van der Waals surface area contributed by atoms with Crippen LogP contribution in [0.5, 0.6) is 0 Å². The first kappa shape index (κ1) is 12.7. The third-order valence-electron chi connectivity index (χ3n) is 1.78. The molecule has 0 saturated carbocycles. The summed E-state index contributed by atoms with van der Waals surface area (Å²) in [7, 11) is 1.47. The number of alkyl carbamates (subject to hydrolysis) is 1. The summed E-state index contributed by atoms with van der Waals surface area (Å²) in [5.74, 6) is -0.358. The molecule has 0 bridgehead atoms. The average Bonchev–Trinajstić information content (AvgIpc) is 2.22. The Balaban J connectivity index is 3.45. The van der Waals surface area contributed by atoms with Gasteiger partial charge in [-0.2, -0.15) is 0 Å². The van der Waals surface area contributed by atoms with Crippen molar-refractivity contribution < 1.29 is 19.1 Å². The quantitative estimate of drug-likeness (QED) is 0.533. The third-order valence-corrected chi connectivity index (χ3v) is 1.78. The van der Waals surface area contributed by atoms with E-state index >= 15 is 0 Å². The van der Waals surface area contributed by atoms with Crippen molar-refractivity contribution in [3.63, 3.8) is 0 Å². The number of rotatable bonds is 5. The fraction of sp³-hybridized carbons (Fsp3) is 0.778. The van der Waals surface area contributed by atoms with E-state index in [1.54, 1.807) is 6.92 Å². The Bertz CT molecular complexity index is 193. The van der Waals surface area contributed by atoms with Crippen molar-refractivity contribution in [3.05, 3.63) is 0 Å². The second-order valence-electron chi connectivity index (χ2n) is 2.86. The molecule has 0 aliphatic carbocycles. The number of carbonyl (C=O) groups excluding carboxylic acids is 2. The molecule has 0 aromatic heterocycles. The molecule has 0 spiro atoms. The Morgan fingerprint density at radius 3 is 2.36 bits per heavy atom. The van der Waals surface area contributed by atoms with Crippen LogP contribution in [0.3, 0.4) is 0 Å². The fourth-order valence-electron chi connectivity index (χ4n) is 0.658. The highest BCUT2D eigenvalue weighted by molar-refractivity contribution is 5.71. The van der Waals surface area contributed by atoms with Crippen molar-refractivity contribution >= 4 is 12.1 Å². The highest BCUT2D eigenvalue weighted by Crippen LogP contribution is 2.02. The standard InChI is InChI=1S/C9H17NO4/c1-4-7(2)8(11)13-5-6-14-9(12)10-3/h7H,4-6H2,1-3H3,(H,10,12). The van der Waals surface area contributed by atoms with Gasteiger partial charge in [0.15, 0.2) is 0 Å². The topological polar surface area (TPSA) is 64.6 Å². The molecule has 14 heavy (non-hydrogen) atoms. The second kappa shape index (κ2) is 7.17. The molecule has 1 amide bonds. The zero-order valence-electron chi connectivity index (χ0n) is 8.83. The Kier molecular flexibility index (Phi) is 6.53. The smallest absolute Gasteiger partial charge is 0.406 e. The van der Waals surface area contributed by atoms with E-state index in [2.05, 4.69) is 10.1 Å². The molecular formula is C9H17NO4. The van der Waals surface area contributed by atoms with Gasteiger partial charge in [0.2, 0.25) is 0 Å². The maximum Gasteiger partial charge on any atom is 0.406 e. The van der Waals surface area contributed by atoms with Crippen molar-refractivity contribution in [1.82, 2.24) is 5.32 Å². The minimum Gasteiger partial charge on any atom is -0.462 e. The van der Waals surface area contributed by atoms with Gasteiger partial charge in [-0.25, -0.2) is 4.79 Å². The van der Waals surface area contributed by atoms with Crippen LogP contribution in [0.15, 0.2) is 0 Å². The minimum atomic E-state index is -0.524. The summed E-state index contributed by atoms with van der Waals surface area (Å²) < 4.78 is 9.47. The van der Waals surface area contributed by atoms with Crippen LogP contribution in [-0.2, 0) is 14.3 Å². The van der Waals surface area contributed by atoms with Crippen molar-refractivity contribution in [1.29, 1.82) is 0 Å². The largest absolute Gasteiger partial charge is 0.462 e. The molecular weight excluding hydrogens is 186 g/mol. The van der Waals surface area contributed by atoms with E-state index < -0.39 is 6.09 Å². The van der Waals surface area contributed by atoms with Crippen LogP contribution in [0.1, 0.15) is 20.3 Å². The maximum atomic E-state index is 11.1. The lowest BCUT2D eigenvalue weighted by molar-refractivity contribution is -0.149. The number of ether oxygens (including phenoxy) is 2. The summed E-state index contributed by atoms with van der Waals surface area (Å²) in [6.07, 6.45) is 0.222. The second-order valence-corrected chi connectivity index (χ2v) is 2.86. The normalized spacial score (nSPS) is 11.6. The lowest BCUT2D eigenvalue weighted by Gasteiger charge is -2.09. The average molecular weight is 203 g/mol. The molecule has 0 saturated heterocycles. The predicted octanol–water partition coefficient (Wildman–Crippen LogP) is 0.932. The zero-order valence-corrected chi connectivity index (χ0v) is 8.83. The van der Waals surface area contributed by atoms with Gasteiger partial charge in [-0.3, -0.25) is 4.79 Å². The van der Waals surface area contributed by atoms with Crippen molar-refractivity contribution in [2.24, 2.45) is 5.92 Å². The molecule has 5 heteroatoms. The molecule has 0 rings (SSSR count). The van der Waals surface area contributed by atoms with Gasteiger partial charge < -0.3 is 14.8 Å². The lowest BCUT2D eigenvalue weighted by atomic mass is 10.1. The molecule has 1 N–H and O–H groups in total. The summed E-state index contributed by atoms with van der Waals surface area (Å²) in [5, 5.41) is 2.29. The summed E-state index contributed by atoms with van der Waals surface area (Å²) in [4.78, 5) is 21.7. The first-order valence-corrected chi connectivity index (χ1v) is 4.63. The van der Waals surface area contributed by atoms with Gasteiger partial charge in [0.25, 0.3) is 0 Å². The Morgan fingerprint density at radius 1 is 1.29 bits per heavy atom. The van der Waals surface area contributed by atoms with Gasteiger partial charge in [0, 0.05) is 7.05 Å². The van der Waals surface area contributed by atoms with Gasteiger partial charge >= 0.3 is 12.1 Å². The summed E-state index contributed by atoms with van der Waals surface area (Å²) in [6.45, 7) is 3.90. The highest BCUT2D eigenvalue weighted by Gasteiger charge is 2.11. The van der Waals surface area contributed by atoms with E-state index in [4.69, 9.17) is 4.74 Å². The number of esters is 1. The molecule has 0 heterocycles. The van der Waals surface area contributed by atoms with Crippen LogP contribution >= 0.6 is 0 Å². The zero-order chi connectivity index (χ0) is 11.0. The minimum absolute atomic E-state index is 0.0852. The molecule has 1 unspecified atom stereocenters. The summed E-state index contributed by atoms with van der Waals surface area (Å²) in [5.41, 5.74) is 0. The number of hydrogen-bond acceptors (Lipinski definition) is 4. The van der Waals surface area contributed by atoms with Crippen LogP contribution in [0.2, 0.25) is 0 Å². The summed E-state index contributed by atoms with van der Waals surface area (Å²) >= 11 is 0. The number of nitrogens with one attached hydrogen (secondary N) is 1. The van der Waals surface area contributed by atoms with E-state index in [-0.39, 0.29) is 25.1 Å². The molecule has 0 aromatic rings. The van der Waals surface area contributed by atoms with E-state index in [0.29, 0.717) is 0 Å². The van der Waals surface area contributed by atoms with Gasteiger partial charge in [-0.15, -0.1) is 0 Å². The maximum absolute atomic E-state index is 11.1. The molecule has 0 aliphatic heterocycles. The Morgan fingerprint density at radius 2 is 1.86 bits per heavy atom. The van der Waals surface area contributed by atoms with E-state index in [1.807, 2.05) is 6.92 Å². The first-order valence-electron chi connectivity index (χ1n) is 4.63. The first-order chi connectivity index (χ1) is 6.61. The van der Waals surface area contributed by atoms with Crippen molar-refractivity contribution in [3.8, 4) is 0 Å². The monoisotopic (exact) mass is 203 g/mol. The fourth-order valence-corrected chi connectivity index (χ4v) is 0.658.